The molecule has 1 aliphatic rings. The predicted octanol–water partition coefficient (Wildman–Crippen LogP) is 5.71. The van der Waals surface area contributed by atoms with Crippen molar-refractivity contribution < 1.29 is 0 Å². The van der Waals surface area contributed by atoms with E-state index in [-0.39, 0.29) is 0 Å². The molecule has 0 aromatic heterocycles. The summed E-state index contributed by atoms with van der Waals surface area (Å²) in [6.45, 7) is 0. The van der Waals surface area contributed by atoms with Crippen LogP contribution in [0.4, 0.5) is 0 Å². The summed E-state index contributed by atoms with van der Waals surface area (Å²) in [5.74, 6) is 0. The molecule has 0 saturated heterocycles. The molecule has 0 aliphatic heterocycles. The lowest BCUT2D eigenvalue weighted by atomic mass is 10.1. The van der Waals surface area contributed by atoms with E-state index >= 15 is 0 Å². The Morgan fingerprint density at radius 1 is 0.600 bits per heavy atom. The maximum absolute atomic E-state index is 6.04. The van der Waals surface area contributed by atoms with Gasteiger partial charge in [-0.1, -0.05) is 53.0 Å². The topological polar surface area (TPSA) is 0 Å². The van der Waals surface area contributed by atoms with Crippen LogP contribution in [-0.2, 0) is 0 Å². The van der Waals surface area contributed by atoms with E-state index in [1.54, 1.807) is 0 Å². The average Bonchev–Trinajstić information content (AvgIpc) is 2.16. The molecule has 1 rings (SSSR count). The molecular weight excluding hydrogens is 250 g/mol. The standard InChI is InChI=1S/C12H15Cl3/c13-10-4-1-5-11(14)7-3-9-12(15)8-2-6-10/h4,7-8H,1-3,5-6,9H2/b10-4+,11-7+,12-8+. The van der Waals surface area contributed by atoms with Gasteiger partial charge in [-0.3, -0.25) is 0 Å². The van der Waals surface area contributed by atoms with E-state index in [1.807, 2.05) is 18.2 Å². The van der Waals surface area contributed by atoms with Crippen molar-refractivity contribution >= 4 is 34.8 Å². The maximum atomic E-state index is 6.04. The highest BCUT2D eigenvalue weighted by molar-refractivity contribution is 6.30. The van der Waals surface area contributed by atoms with Crippen LogP contribution in [0.2, 0.25) is 0 Å². The van der Waals surface area contributed by atoms with Crippen molar-refractivity contribution in [2.24, 2.45) is 0 Å². The molecule has 0 fully saturated rings. The van der Waals surface area contributed by atoms with Crippen LogP contribution in [0.25, 0.3) is 0 Å². The molecule has 0 nitrogen and oxygen atoms in total. The number of allylic oxidation sites excluding steroid dienone is 6. The Kier molecular flexibility index (Phi) is 6.47. The minimum atomic E-state index is 0.874. The molecule has 15 heavy (non-hydrogen) atoms. The lowest BCUT2D eigenvalue weighted by Crippen LogP contribution is -1.81. The Morgan fingerprint density at radius 3 is 1.13 bits per heavy atom. The number of rotatable bonds is 0. The highest BCUT2D eigenvalue weighted by atomic mass is 35.5. The van der Waals surface area contributed by atoms with Gasteiger partial charge in [0.05, 0.1) is 0 Å². The van der Waals surface area contributed by atoms with Crippen molar-refractivity contribution in [1.29, 1.82) is 0 Å². The van der Waals surface area contributed by atoms with E-state index in [1.165, 1.54) is 0 Å². The second-order valence-electron chi connectivity index (χ2n) is 3.57. The first-order valence-electron chi connectivity index (χ1n) is 5.22. The van der Waals surface area contributed by atoms with Crippen molar-refractivity contribution in [2.45, 2.75) is 38.5 Å². The van der Waals surface area contributed by atoms with Crippen LogP contribution in [0, 0.1) is 0 Å². The van der Waals surface area contributed by atoms with Gasteiger partial charge in [-0.15, -0.1) is 0 Å². The summed E-state index contributed by atoms with van der Waals surface area (Å²) in [5.41, 5.74) is 0. The minimum absolute atomic E-state index is 0.874. The Labute approximate surface area is 107 Å². The van der Waals surface area contributed by atoms with Crippen LogP contribution in [0.3, 0.4) is 0 Å². The third-order valence-corrected chi connectivity index (χ3v) is 3.28. The minimum Gasteiger partial charge on any atom is -0.0895 e. The van der Waals surface area contributed by atoms with Gasteiger partial charge in [-0.25, -0.2) is 0 Å². The van der Waals surface area contributed by atoms with Gasteiger partial charge < -0.3 is 0 Å². The summed E-state index contributed by atoms with van der Waals surface area (Å²) >= 11 is 18.1. The van der Waals surface area contributed by atoms with E-state index in [4.69, 9.17) is 34.8 Å². The SMILES string of the molecule is Cl/C1=C/CC/C(Cl)=C\CC/C(Cl)=C\CC1. The quantitative estimate of drug-likeness (QED) is 0.526. The largest absolute Gasteiger partial charge is 0.0895 e. The normalized spacial score (nSPS) is 31.0. The lowest BCUT2D eigenvalue weighted by Gasteiger charge is -2.02. The molecule has 3 heteroatoms. The van der Waals surface area contributed by atoms with Crippen LogP contribution in [-0.4, -0.2) is 0 Å². The van der Waals surface area contributed by atoms with Crippen molar-refractivity contribution in [3.05, 3.63) is 33.3 Å². The summed E-state index contributed by atoms with van der Waals surface area (Å²) < 4.78 is 0. The fourth-order valence-electron chi connectivity index (χ4n) is 1.41. The smallest absolute Gasteiger partial charge is 0.0144 e. The fourth-order valence-corrected chi connectivity index (χ4v) is 2.06. The Balaban J connectivity index is 2.62. The van der Waals surface area contributed by atoms with Crippen LogP contribution in [0.1, 0.15) is 38.5 Å². The highest BCUT2D eigenvalue weighted by Gasteiger charge is 1.98. The second kappa shape index (κ2) is 7.38. The Bertz CT molecular complexity index is 240. The molecule has 0 heterocycles. The highest BCUT2D eigenvalue weighted by Crippen LogP contribution is 2.21. The molecule has 0 amide bonds. The molecule has 0 bridgehead atoms. The molecular formula is C12H15Cl3. The van der Waals surface area contributed by atoms with Crippen molar-refractivity contribution in [2.75, 3.05) is 0 Å². The Morgan fingerprint density at radius 2 is 0.867 bits per heavy atom. The number of halogens is 3. The third-order valence-electron chi connectivity index (χ3n) is 2.25. The van der Waals surface area contributed by atoms with Crippen LogP contribution >= 0.6 is 34.8 Å². The number of hydrogen-bond donors (Lipinski definition) is 0. The van der Waals surface area contributed by atoms with Gasteiger partial charge in [0.15, 0.2) is 0 Å². The van der Waals surface area contributed by atoms with Crippen LogP contribution < -0.4 is 0 Å². The summed E-state index contributed by atoms with van der Waals surface area (Å²) in [6.07, 6.45) is 11.5. The molecule has 0 aromatic rings. The van der Waals surface area contributed by atoms with Gasteiger partial charge >= 0.3 is 0 Å². The van der Waals surface area contributed by atoms with E-state index in [2.05, 4.69) is 0 Å². The first kappa shape index (κ1) is 13.2. The van der Waals surface area contributed by atoms with E-state index in [0.29, 0.717) is 0 Å². The lowest BCUT2D eigenvalue weighted by molar-refractivity contribution is 0.937. The van der Waals surface area contributed by atoms with E-state index in [9.17, 15) is 0 Å². The van der Waals surface area contributed by atoms with Crippen molar-refractivity contribution in [3.8, 4) is 0 Å². The summed E-state index contributed by atoms with van der Waals surface area (Å²) in [7, 11) is 0. The van der Waals surface area contributed by atoms with Gasteiger partial charge in [-0.2, -0.15) is 0 Å². The monoisotopic (exact) mass is 264 g/mol. The van der Waals surface area contributed by atoms with Crippen molar-refractivity contribution in [1.82, 2.24) is 0 Å². The van der Waals surface area contributed by atoms with Crippen molar-refractivity contribution in [3.63, 3.8) is 0 Å². The molecule has 0 atom stereocenters. The fraction of sp³-hybridized carbons (Fsp3) is 0.500. The van der Waals surface area contributed by atoms with E-state index < -0.39 is 0 Å². The zero-order valence-electron chi connectivity index (χ0n) is 8.61. The molecule has 84 valence electrons. The number of hydrogen-bond acceptors (Lipinski definition) is 0. The van der Waals surface area contributed by atoms with Gasteiger partial charge in [0.2, 0.25) is 0 Å². The van der Waals surface area contributed by atoms with E-state index in [0.717, 1.165) is 53.6 Å². The summed E-state index contributed by atoms with van der Waals surface area (Å²) in [4.78, 5) is 0. The molecule has 0 spiro atoms. The first-order chi connectivity index (χ1) is 7.18. The predicted molar refractivity (Wildman–Crippen MR) is 69.5 cm³/mol. The summed E-state index contributed by atoms with van der Waals surface area (Å²) in [5, 5.41) is 2.71. The zero-order valence-corrected chi connectivity index (χ0v) is 10.9. The zero-order chi connectivity index (χ0) is 11.1. The average molecular weight is 266 g/mol. The van der Waals surface area contributed by atoms with Gasteiger partial charge in [-0.05, 0) is 38.5 Å². The molecule has 0 radical (unpaired) electrons. The summed E-state index contributed by atoms with van der Waals surface area (Å²) in [6, 6.07) is 0. The molecule has 0 unspecified atom stereocenters. The molecule has 1 aliphatic carbocycles. The first-order valence-corrected chi connectivity index (χ1v) is 6.35. The molecule has 0 aromatic carbocycles. The third kappa shape index (κ3) is 6.29. The van der Waals surface area contributed by atoms with Gasteiger partial charge in [0.25, 0.3) is 0 Å². The van der Waals surface area contributed by atoms with Crippen LogP contribution in [0.5, 0.6) is 0 Å². The maximum Gasteiger partial charge on any atom is 0.0144 e. The second-order valence-corrected chi connectivity index (χ2v) is 5.03. The van der Waals surface area contributed by atoms with Gasteiger partial charge in [0.1, 0.15) is 0 Å². The molecule has 0 saturated carbocycles. The van der Waals surface area contributed by atoms with Crippen LogP contribution in [0.15, 0.2) is 33.3 Å². The van der Waals surface area contributed by atoms with Gasteiger partial charge in [0, 0.05) is 15.1 Å². The molecule has 0 N–H and O–H groups in total. The Hall–Kier alpha value is 0.0900.